The number of nitro benzene ring substituents is 1. The van der Waals surface area contributed by atoms with E-state index in [4.69, 9.17) is 0 Å². The molecule has 1 aromatic carbocycles. The molecule has 0 aromatic heterocycles. The predicted octanol–water partition coefficient (Wildman–Crippen LogP) is 2.90. The van der Waals surface area contributed by atoms with Crippen molar-refractivity contribution < 1.29 is 4.92 Å². The number of piperazine rings is 1. The zero-order valence-corrected chi connectivity index (χ0v) is 13.6. The molecule has 0 amide bonds. The molecule has 5 heteroatoms. The summed E-state index contributed by atoms with van der Waals surface area (Å²) in [5, 5.41) is 11.1. The maximum atomic E-state index is 11.1. The van der Waals surface area contributed by atoms with Crippen LogP contribution in [0.2, 0.25) is 0 Å². The Morgan fingerprint density at radius 1 is 1.09 bits per heavy atom. The SMILES string of the molecule is O=[N+]([O-])c1ccccc1CN1CCN(C2CC3CCC2C3)CC1. The highest BCUT2D eigenvalue weighted by Crippen LogP contribution is 2.46. The third-order valence-electron chi connectivity index (χ3n) is 6.16. The zero-order valence-electron chi connectivity index (χ0n) is 13.6. The van der Waals surface area contributed by atoms with Gasteiger partial charge in [-0.25, -0.2) is 0 Å². The van der Waals surface area contributed by atoms with Gasteiger partial charge in [-0.1, -0.05) is 24.6 Å². The van der Waals surface area contributed by atoms with Crippen LogP contribution in [-0.4, -0.2) is 46.9 Å². The summed E-state index contributed by atoms with van der Waals surface area (Å²) in [7, 11) is 0. The maximum Gasteiger partial charge on any atom is 0.273 e. The van der Waals surface area contributed by atoms with Crippen LogP contribution in [0.3, 0.4) is 0 Å². The molecular weight excluding hydrogens is 290 g/mol. The summed E-state index contributed by atoms with van der Waals surface area (Å²) in [6.45, 7) is 4.99. The van der Waals surface area contributed by atoms with Crippen LogP contribution < -0.4 is 0 Å². The van der Waals surface area contributed by atoms with Crippen molar-refractivity contribution >= 4 is 5.69 Å². The summed E-state index contributed by atoms with van der Waals surface area (Å²) in [6.07, 6.45) is 5.76. The number of nitro groups is 1. The molecule has 1 aliphatic heterocycles. The van der Waals surface area contributed by atoms with Crippen LogP contribution >= 0.6 is 0 Å². The number of fused-ring (bicyclic) bond motifs is 2. The number of benzene rings is 1. The lowest BCUT2D eigenvalue weighted by atomic mass is 9.93. The van der Waals surface area contributed by atoms with Gasteiger partial charge in [0.05, 0.1) is 4.92 Å². The number of nitrogens with zero attached hydrogens (tertiary/aromatic N) is 3. The topological polar surface area (TPSA) is 49.6 Å². The Kier molecular flexibility index (Phi) is 4.07. The molecule has 4 rings (SSSR count). The monoisotopic (exact) mass is 315 g/mol. The van der Waals surface area contributed by atoms with Gasteiger partial charge < -0.3 is 0 Å². The second-order valence-electron chi connectivity index (χ2n) is 7.44. The summed E-state index contributed by atoms with van der Waals surface area (Å²) in [5.74, 6) is 1.94. The lowest BCUT2D eigenvalue weighted by molar-refractivity contribution is -0.385. The van der Waals surface area contributed by atoms with Gasteiger partial charge in [0.2, 0.25) is 0 Å². The summed E-state index contributed by atoms with van der Waals surface area (Å²) in [5.41, 5.74) is 1.09. The fourth-order valence-electron chi connectivity index (χ4n) is 4.98. The lowest BCUT2D eigenvalue weighted by Crippen LogP contribution is -2.51. The van der Waals surface area contributed by atoms with Gasteiger partial charge in [-0.2, -0.15) is 0 Å². The Morgan fingerprint density at radius 3 is 2.52 bits per heavy atom. The number of rotatable bonds is 4. The van der Waals surface area contributed by atoms with E-state index in [0.717, 1.165) is 49.6 Å². The first kappa shape index (κ1) is 15.1. The average molecular weight is 315 g/mol. The number of hydrogen-bond donors (Lipinski definition) is 0. The van der Waals surface area contributed by atoms with Crippen molar-refractivity contribution in [1.82, 2.24) is 9.80 Å². The van der Waals surface area contributed by atoms with E-state index in [9.17, 15) is 10.1 Å². The number of para-hydroxylation sites is 1. The van der Waals surface area contributed by atoms with Crippen molar-refractivity contribution in [2.75, 3.05) is 26.2 Å². The van der Waals surface area contributed by atoms with Gasteiger partial charge in [0.1, 0.15) is 0 Å². The van der Waals surface area contributed by atoms with E-state index in [1.807, 2.05) is 12.1 Å². The van der Waals surface area contributed by atoms with E-state index in [1.54, 1.807) is 12.1 Å². The molecule has 2 aliphatic carbocycles. The van der Waals surface area contributed by atoms with Crippen LogP contribution in [0.5, 0.6) is 0 Å². The predicted molar refractivity (Wildman–Crippen MR) is 89.2 cm³/mol. The highest BCUT2D eigenvalue weighted by Gasteiger charge is 2.42. The fraction of sp³-hybridized carbons (Fsp3) is 0.667. The van der Waals surface area contributed by atoms with Gasteiger partial charge in [0, 0.05) is 50.4 Å². The first-order valence-corrected chi connectivity index (χ1v) is 8.89. The van der Waals surface area contributed by atoms with E-state index in [-0.39, 0.29) is 10.6 Å². The first-order chi connectivity index (χ1) is 11.2. The molecule has 0 radical (unpaired) electrons. The highest BCUT2D eigenvalue weighted by molar-refractivity contribution is 5.39. The molecule has 3 atom stereocenters. The standard InChI is InChI=1S/C18H25N3O2/c22-21(23)17-4-2-1-3-16(17)13-19-7-9-20(10-8-19)18-12-14-5-6-15(18)11-14/h1-4,14-15,18H,5-13H2. The van der Waals surface area contributed by atoms with Gasteiger partial charge in [-0.3, -0.25) is 19.9 Å². The van der Waals surface area contributed by atoms with Gasteiger partial charge in [-0.15, -0.1) is 0 Å². The molecule has 3 unspecified atom stereocenters. The molecule has 2 saturated carbocycles. The summed E-state index contributed by atoms with van der Waals surface area (Å²) in [4.78, 5) is 15.9. The van der Waals surface area contributed by atoms with Crippen molar-refractivity contribution in [3.8, 4) is 0 Å². The van der Waals surface area contributed by atoms with Crippen LogP contribution in [0.15, 0.2) is 24.3 Å². The minimum Gasteiger partial charge on any atom is -0.298 e. The largest absolute Gasteiger partial charge is 0.298 e. The fourth-order valence-corrected chi connectivity index (χ4v) is 4.98. The summed E-state index contributed by atoms with van der Waals surface area (Å²) < 4.78 is 0. The molecule has 3 aliphatic rings. The molecule has 3 fully saturated rings. The Balaban J connectivity index is 1.34. The molecule has 2 bridgehead atoms. The Hall–Kier alpha value is -1.46. The Morgan fingerprint density at radius 2 is 1.87 bits per heavy atom. The molecule has 0 spiro atoms. The van der Waals surface area contributed by atoms with Crippen LogP contribution in [-0.2, 0) is 6.54 Å². The summed E-state index contributed by atoms with van der Waals surface area (Å²) >= 11 is 0. The van der Waals surface area contributed by atoms with Crippen LogP contribution in [0, 0.1) is 22.0 Å². The molecule has 0 N–H and O–H groups in total. The van der Waals surface area contributed by atoms with Gasteiger partial charge in [0.15, 0.2) is 0 Å². The average Bonchev–Trinajstić information content (AvgIpc) is 3.19. The van der Waals surface area contributed by atoms with Gasteiger partial charge in [-0.05, 0) is 31.1 Å². The van der Waals surface area contributed by atoms with E-state index in [2.05, 4.69) is 9.80 Å². The van der Waals surface area contributed by atoms with Crippen molar-refractivity contribution in [2.24, 2.45) is 11.8 Å². The smallest absolute Gasteiger partial charge is 0.273 e. The van der Waals surface area contributed by atoms with E-state index < -0.39 is 0 Å². The van der Waals surface area contributed by atoms with Gasteiger partial charge in [0.25, 0.3) is 5.69 Å². The maximum absolute atomic E-state index is 11.1. The molecule has 23 heavy (non-hydrogen) atoms. The van der Waals surface area contributed by atoms with Crippen LogP contribution in [0.25, 0.3) is 0 Å². The van der Waals surface area contributed by atoms with Crippen LogP contribution in [0.4, 0.5) is 5.69 Å². The summed E-state index contributed by atoms with van der Waals surface area (Å²) in [6, 6.07) is 7.96. The quantitative estimate of drug-likeness (QED) is 0.633. The van der Waals surface area contributed by atoms with Crippen molar-refractivity contribution in [3.63, 3.8) is 0 Å². The minimum absolute atomic E-state index is 0.253. The highest BCUT2D eigenvalue weighted by atomic mass is 16.6. The number of hydrogen-bond acceptors (Lipinski definition) is 4. The van der Waals surface area contributed by atoms with Crippen molar-refractivity contribution in [1.29, 1.82) is 0 Å². The third kappa shape index (κ3) is 3.00. The Bertz CT molecular complexity index is 583. The molecule has 1 aromatic rings. The van der Waals surface area contributed by atoms with E-state index in [1.165, 1.54) is 25.7 Å². The Labute approximate surface area is 137 Å². The second kappa shape index (κ2) is 6.21. The van der Waals surface area contributed by atoms with Crippen LogP contribution in [0.1, 0.15) is 31.2 Å². The van der Waals surface area contributed by atoms with Crippen molar-refractivity contribution in [2.45, 2.75) is 38.3 Å². The molecular formula is C18H25N3O2. The van der Waals surface area contributed by atoms with E-state index in [0.29, 0.717) is 6.54 Å². The van der Waals surface area contributed by atoms with Crippen molar-refractivity contribution in [3.05, 3.63) is 39.9 Å². The minimum atomic E-state index is -0.263. The second-order valence-corrected chi connectivity index (χ2v) is 7.44. The lowest BCUT2D eigenvalue weighted by Gasteiger charge is -2.41. The zero-order chi connectivity index (χ0) is 15.8. The first-order valence-electron chi connectivity index (χ1n) is 8.89. The van der Waals surface area contributed by atoms with E-state index >= 15 is 0 Å². The van der Waals surface area contributed by atoms with Gasteiger partial charge >= 0.3 is 0 Å². The molecule has 124 valence electrons. The molecule has 1 heterocycles. The third-order valence-corrected chi connectivity index (χ3v) is 6.16. The normalized spacial score (nSPS) is 31.6. The molecule has 1 saturated heterocycles. The molecule has 5 nitrogen and oxygen atoms in total.